The zero-order valence-electron chi connectivity index (χ0n) is 12.0. The van der Waals surface area contributed by atoms with Crippen molar-refractivity contribution in [2.24, 2.45) is 0 Å². The monoisotopic (exact) mass is 299 g/mol. The van der Waals surface area contributed by atoms with E-state index in [1.807, 2.05) is 0 Å². The molecular weight excluding hydrogens is 278 g/mol. The first-order valence-corrected chi connectivity index (χ1v) is 8.56. The molecule has 0 saturated heterocycles. The third kappa shape index (κ3) is 6.01. The van der Waals surface area contributed by atoms with Crippen molar-refractivity contribution < 1.29 is 13.2 Å². The van der Waals surface area contributed by atoms with E-state index in [0.29, 0.717) is 0 Å². The number of carbonyl (C=O) groups excluding carboxylic acids is 1. The first kappa shape index (κ1) is 16.4. The summed E-state index contributed by atoms with van der Waals surface area (Å²) in [7, 11) is -3.12. The van der Waals surface area contributed by atoms with Gasteiger partial charge in [-0.25, -0.2) is 8.42 Å². The van der Waals surface area contributed by atoms with Crippen LogP contribution in [0.4, 0.5) is 5.69 Å². The topological polar surface area (TPSA) is 88.2 Å². The summed E-state index contributed by atoms with van der Waals surface area (Å²) in [5.41, 5.74) is 1.09. The van der Waals surface area contributed by atoms with Crippen LogP contribution in [0.1, 0.15) is 30.8 Å². The van der Waals surface area contributed by atoms with Gasteiger partial charge in [0.1, 0.15) is 15.5 Å². The lowest BCUT2D eigenvalue weighted by atomic mass is 10.2. The number of sulfone groups is 1. The van der Waals surface area contributed by atoms with Crippen LogP contribution in [0.2, 0.25) is 0 Å². The lowest BCUT2D eigenvalue weighted by Gasteiger charge is -2.13. The highest BCUT2D eigenvalue weighted by Crippen LogP contribution is 2.08. The molecule has 6 nitrogen and oxygen atoms in total. The third-order valence-electron chi connectivity index (χ3n) is 2.50. The minimum absolute atomic E-state index is 0.0908. The summed E-state index contributed by atoms with van der Waals surface area (Å²) in [4.78, 5) is 16.0. The Morgan fingerprint density at radius 2 is 2.15 bits per heavy atom. The Labute approximate surface area is 119 Å². The Morgan fingerprint density at radius 3 is 2.75 bits per heavy atom. The van der Waals surface area contributed by atoms with Crippen molar-refractivity contribution in [2.45, 2.75) is 26.3 Å². The second kappa shape index (κ2) is 7.23. The van der Waals surface area contributed by atoms with Gasteiger partial charge in [-0.2, -0.15) is 0 Å². The average Bonchev–Trinajstić information content (AvgIpc) is 2.34. The van der Waals surface area contributed by atoms with Crippen molar-refractivity contribution in [3.05, 3.63) is 24.0 Å². The van der Waals surface area contributed by atoms with E-state index in [1.54, 1.807) is 25.3 Å². The van der Waals surface area contributed by atoms with Gasteiger partial charge in [-0.15, -0.1) is 0 Å². The number of aromatic nitrogens is 1. The maximum atomic E-state index is 12.0. The highest BCUT2D eigenvalue weighted by molar-refractivity contribution is 7.90. The molecule has 1 unspecified atom stereocenters. The van der Waals surface area contributed by atoms with E-state index in [1.165, 1.54) is 0 Å². The van der Waals surface area contributed by atoms with Crippen LogP contribution in [0, 0.1) is 0 Å². The van der Waals surface area contributed by atoms with Crippen LogP contribution in [0.25, 0.3) is 0 Å². The van der Waals surface area contributed by atoms with Crippen molar-refractivity contribution in [1.29, 1.82) is 0 Å². The predicted octanol–water partition coefficient (Wildman–Crippen LogP) is 1.07. The van der Waals surface area contributed by atoms with E-state index in [0.717, 1.165) is 24.9 Å². The van der Waals surface area contributed by atoms with Crippen LogP contribution in [-0.4, -0.2) is 43.9 Å². The van der Waals surface area contributed by atoms with Crippen LogP contribution < -0.4 is 10.6 Å². The highest BCUT2D eigenvalue weighted by Gasteiger charge is 2.15. The molecule has 0 bridgehead atoms. The van der Waals surface area contributed by atoms with E-state index < -0.39 is 15.9 Å². The fourth-order valence-corrected chi connectivity index (χ4v) is 2.72. The molecule has 0 fully saturated rings. The number of amides is 1. The number of hydrogen-bond acceptors (Lipinski definition) is 5. The summed E-state index contributed by atoms with van der Waals surface area (Å²) in [5.74, 6) is -0.465. The number of pyridine rings is 1. The molecule has 1 amide bonds. The fraction of sp³-hybridized carbons (Fsp3) is 0.538. The first-order chi connectivity index (χ1) is 9.31. The molecule has 1 atom stereocenters. The molecule has 1 aromatic heterocycles. The minimum atomic E-state index is -3.12. The van der Waals surface area contributed by atoms with Gasteiger partial charge in [0.05, 0.1) is 5.75 Å². The van der Waals surface area contributed by atoms with Gasteiger partial charge in [0.15, 0.2) is 0 Å². The van der Waals surface area contributed by atoms with Gasteiger partial charge in [0.25, 0.3) is 5.91 Å². The smallest absolute Gasteiger partial charge is 0.270 e. The number of nitrogens with one attached hydrogen (secondary N) is 2. The first-order valence-electron chi connectivity index (χ1n) is 6.50. The van der Waals surface area contributed by atoms with E-state index in [9.17, 15) is 13.2 Å². The summed E-state index contributed by atoms with van der Waals surface area (Å²) >= 11 is 0. The van der Waals surface area contributed by atoms with Gasteiger partial charge in [0, 0.05) is 30.7 Å². The Hall–Kier alpha value is -1.63. The lowest BCUT2D eigenvalue weighted by Crippen LogP contribution is -2.37. The number of rotatable bonds is 7. The molecule has 20 heavy (non-hydrogen) atoms. The van der Waals surface area contributed by atoms with E-state index in [4.69, 9.17) is 0 Å². The normalized spacial score (nSPS) is 12.8. The molecule has 0 saturated carbocycles. The molecule has 0 spiro atoms. The SMILES string of the molecule is CCCNc1ccnc(C(=O)NC(C)CS(C)(=O)=O)c1. The highest BCUT2D eigenvalue weighted by atomic mass is 32.2. The zero-order valence-corrected chi connectivity index (χ0v) is 12.8. The Bertz CT molecular complexity index is 558. The number of carbonyl (C=O) groups is 1. The van der Waals surface area contributed by atoms with E-state index in [2.05, 4.69) is 22.5 Å². The van der Waals surface area contributed by atoms with Gasteiger partial charge in [0.2, 0.25) is 0 Å². The van der Waals surface area contributed by atoms with Crippen molar-refractivity contribution in [1.82, 2.24) is 10.3 Å². The van der Waals surface area contributed by atoms with Gasteiger partial charge in [-0.1, -0.05) is 6.92 Å². The van der Waals surface area contributed by atoms with Gasteiger partial charge >= 0.3 is 0 Å². The average molecular weight is 299 g/mol. The van der Waals surface area contributed by atoms with Crippen molar-refractivity contribution >= 4 is 21.4 Å². The molecule has 0 aliphatic heterocycles. The summed E-state index contributed by atoms with van der Waals surface area (Å²) in [6.45, 7) is 4.52. The molecule has 112 valence electrons. The largest absolute Gasteiger partial charge is 0.385 e. The molecule has 7 heteroatoms. The van der Waals surface area contributed by atoms with Crippen LogP contribution >= 0.6 is 0 Å². The molecule has 1 aromatic rings. The minimum Gasteiger partial charge on any atom is -0.385 e. The van der Waals surface area contributed by atoms with Crippen molar-refractivity contribution in [2.75, 3.05) is 23.9 Å². The standard InChI is InChI=1S/C13H21N3O3S/c1-4-6-14-11-5-7-15-12(8-11)13(17)16-10(2)9-20(3,18)19/h5,7-8,10H,4,6,9H2,1-3H3,(H,14,15)(H,16,17). The maximum absolute atomic E-state index is 12.0. The van der Waals surface area contributed by atoms with Gasteiger partial charge in [-0.3, -0.25) is 9.78 Å². The quantitative estimate of drug-likeness (QED) is 0.786. The van der Waals surface area contributed by atoms with E-state index in [-0.39, 0.29) is 17.4 Å². The summed E-state index contributed by atoms with van der Waals surface area (Å²) in [6.07, 6.45) is 3.67. The Balaban J connectivity index is 2.67. The van der Waals surface area contributed by atoms with Crippen LogP contribution in [0.15, 0.2) is 18.3 Å². The molecule has 2 N–H and O–H groups in total. The molecule has 1 rings (SSSR count). The Morgan fingerprint density at radius 1 is 1.45 bits per heavy atom. The summed E-state index contributed by atoms with van der Waals surface area (Å²) in [6, 6.07) is 2.98. The molecule has 0 aliphatic carbocycles. The fourth-order valence-electron chi connectivity index (χ4n) is 1.73. The summed E-state index contributed by atoms with van der Waals surface area (Å²) < 4.78 is 22.3. The zero-order chi connectivity index (χ0) is 15.2. The van der Waals surface area contributed by atoms with Crippen LogP contribution in [-0.2, 0) is 9.84 Å². The van der Waals surface area contributed by atoms with Crippen molar-refractivity contribution in [3.63, 3.8) is 0 Å². The maximum Gasteiger partial charge on any atom is 0.270 e. The van der Waals surface area contributed by atoms with Gasteiger partial charge < -0.3 is 10.6 Å². The second-order valence-electron chi connectivity index (χ2n) is 4.82. The molecule has 0 aromatic carbocycles. The van der Waals surface area contributed by atoms with Crippen LogP contribution in [0.5, 0.6) is 0 Å². The number of nitrogens with zero attached hydrogens (tertiary/aromatic N) is 1. The van der Waals surface area contributed by atoms with E-state index >= 15 is 0 Å². The second-order valence-corrected chi connectivity index (χ2v) is 7.01. The molecular formula is C13H21N3O3S. The molecule has 0 radical (unpaired) electrons. The van der Waals surface area contributed by atoms with Crippen LogP contribution in [0.3, 0.4) is 0 Å². The number of hydrogen-bond donors (Lipinski definition) is 2. The molecule has 0 aliphatic rings. The third-order valence-corrected chi connectivity index (χ3v) is 3.61. The number of anilines is 1. The predicted molar refractivity (Wildman–Crippen MR) is 79.7 cm³/mol. The molecule has 1 heterocycles. The Kier molecular flexibility index (Phi) is 5.94. The lowest BCUT2D eigenvalue weighted by molar-refractivity contribution is 0.0938. The van der Waals surface area contributed by atoms with Gasteiger partial charge in [-0.05, 0) is 25.5 Å². The summed E-state index contributed by atoms with van der Waals surface area (Å²) in [5, 5.41) is 5.79. The van der Waals surface area contributed by atoms with Crippen molar-refractivity contribution in [3.8, 4) is 0 Å².